The van der Waals surface area contributed by atoms with Crippen molar-refractivity contribution in [2.24, 2.45) is 0 Å². The van der Waals surface area contributed by atoms with Crippen molar-refractivity contribution in [1.82, 2.24) is 20.2 Å². The molecule has 0 radical (unpaired) electrons. The number of piperazine rings is 1. The summed E-state index contributed by atoms with van der Waals surface area (Å²) in [5.41, 5.74) is 2.08. The van der Waals surface area contributed by atoms with Gasteiger partial charge >= 0.3 is 0 Å². The zero-order valence-electron chi connectivity index (χ0n) is 11.3. The number of fused-ring (bicyclic) bond motifs is 1. The van der Waals surface area contributed by atoms with Gasteiger partial charge < -0.3 is 15.2 Å². The van der Waals surface area contributed by atoms with Crippen LogP contribution in [-0.2, 0) is 17.8 Å². The zero-order chi connectivity index (χ0) is 14.1. The second kappa shape index (κ2) is 5.54. The van der Waals surface area contributed by atoms with Crippen LogP contribution in [0.3, 0.4) is 0 Å². The van der Waals surface area contributed by atoms with Crippen molar-refractivity contribution in [3.05, 3.63) is 28.5 Å². The molecule has 1 aromatic heterocycles. The molecule has 1 amide bonds. The topological polar surface area (TPSA) is 59.0 Å². The minimum atomic E-state index is -0.186. The Morgan fingerprint density at radius 3 is 3.05 bits per heavy atom. The highest BCUT2D eigenvalue weighted by atomic mass is 79.9. The van der Waals surface area contributed by atoms with Crippen molar-refractivity contribution in [3.63, 3.8) is 0 Å². The fraction of sp³-hybridized carbons (Fsp3) is 0.429. The summed E-state index contributed by atoms with van der Waals surface area (Å²) in [6.07, 6.45) is 0.617. The molecule has 106 valence electrons. The van der Waals surface area contributed by atoms with Crippen LogP contribution < -0.4 is 10.6 Å². The molecule has 0 bridgehead atoms. The highest BCUT2D eigenvalue weighted by Crippen LogP contribution is 2.21. The Kier molecular flexibility index (Phi) is 3.76. The summed E-state index contributed by atoms with van der Waals surface area (Å²) in [6.45, 7) is 4.46. The van der Waals surface area contributed by atoms with E-state index >= 15 is 0 Å². The Morgan fingerprint density at radius 2 is 2.30 bits per heavy atom. The van der Waals surface area contributed by atoms with Crippen LogP contribution in [-0.4, -0.2) is 34.6 Å². The monoisotopic (exact) mass is 336 g/mol. The van der Waals surface area contributed by atoms with Gasteiger partial charge in [-0.05, 0) is 25.1 Å². The minimum absolute atomic E-state index is 0.0622. The quantitative estimate of drug-likeness (QED) is 0.891. The van der Waals surface area contributed by atoms with E-state index in [0.717, 1.165) is 34.4 Å². The van der Waals surface area contributed by atoms with Gasteiger partial charge in [-0.15, -0.1) is 0 Å². The number of hydrogen-bond acceptors (Lipinski definition) is 3. The fourth-order valence-electron chi connectivity index (χ4n) is 2.66. The van der Waals surface area contributed by atoms with E-state index in [0.29, 0.717) is 13.0 Å². The number of nitrogens with zero attached hydrogens (tertiary/aromatic N) is 2. The van der Waals surface area contributed by atoms with Crippen molar-refractivity contribution in [2.45, 2.75) is 25.9 Å². The van der Waals surface area contributed by atoms with Crippen LogP contribution in [0.4, 0.5) is 0 Å². The molecular weight excluding hydrogens is 320 g/mol. The number of carbonyl (C=O) groups is 1. The van der Waals surface area contributed by atoms with E-state index < -0.39 is 0 Å². The average Bonchev–Trinajstić information content (AvgIpc) is 2.77. The number of nitrogens with one attached hydrogen (secondary N) is 2. The molecule has 1 aromatic carbocycles. The van der Waals surface area contributed by atoms with Gasteiger partial charge in [-0.1, -0.05) is 15.9 Å². The molecule has 3 rings (SSSR count). The van der Waals surface area contributed by atoms with Gasteiger partial charge in [0.1, 0.15) is 5.82 Å². The van der Waals surface area contributed by atoms with Crippen LogP contribution in [0.25, 0.3) is 11.0 Å². The summed E-state index contributed by atoms with van der Waals surface area (Å²) in [4.78, 5) is 16.5. The van der Waals surface area contributed by atoms with E-state index in [2.05, 4.69) is 49.1 Å². The molecule has 1 unspecified atom stereocenters. The molecule has 2 heterocycles. The molecule has 1 aliphatic heterocycles. The first kappa shape index (κ1) is 13.6. The summed E-state index contributed by atoms with van der Waals surface area (Å²) < 4.78 is 3.19. The van der Waals surface area contributed by atoms with Crippen LogP contribution in [0, 0.1) is 0 Å². The van der Waals surface area contributed by atoms with Crippen molar-refractivity contribution in [3.8, 4) is 0 Å². The molecule has 1 atom stereocenters. The molecule has 2 aromatic rings. The summed E-state index contributed by atoms with van der Waals surface area (Å²) in [7, 11) is 0. The van der Waals surface area contributed by atoms with Gasteiger partial charge in [-0.25, -0.2) is 4.98 Å². The second-order valence-corrected chi connectivity index (χ2v) is 5.82. The van der Waals surface area contributed by atoms with Crippen LogP contribution in [0.1, 0.15) is 12.7 Å². The zero-order valence-corrected chi connectivity index (χ0v) is 12.9. The molecular formula is C14H17BrN4O. The van der Waals surface area contributed by atoms with Crippen molar-refractivity contribution in [1.29, 1.82) is 0 Å². The van der Waals surface area contributed by atoms with Gasteiger partial charge in [-0.2, -0.15) is 0 Å². The van der Waals surface area contributed by atoms with E-state index in [9.17, 15) is 4.79 Å². The van der Waals surface area contributed by atoms with Gasteiger partial charge in [0.2, 0.25) is 5.91 Å². The minimum Gasteiger partial charge on any atom is -0.353 e. The second-order valence-electron chi connectivity index (χ2n) is 4.91. The smallest absolute Gasteiger partial charge is 0.237 e. The third-order valence-electron chi connectivity index (χ3n) is 3.62. The van der Waals surface area contributed by atoms with Crippen molar-refractivity contribution >= 4 is 32.9 Å². The molecule has 1 saturated heterocycles. The highest BCUT2D eigenvalue weighted by molar-refractivity contribution is 9.10. The molecule has 2 N–H and O–H groups in total. The van der Waals surface area contributed by atoms with E-state index in [1.54, 1.807) is 0 Å². The third kappa shape index (κ3) is 2.45. The largest absolute Gasteiger partial charge is 0.353 e. The first-order chi connectivity index (χ1) is 9.69. The highest BCUT2D eigenvalue weighted by Gasteiger charge is 2.24. The van der Waals surface area contributed by atoms with Crippen molar-refractivity contribution in [2.75, 3.05) is 13.1 Å². The lowest BCUT2D eigenvalue weighted by atomic mass is 10.1. The van der Waals surface area contributed by atoms with Gasteiger partial charge in [0.15, 0.2) is 0 Å². The fourth-order valence-corrected chi connectivity index (χ4v) is 3.01. The predicted octanol–water partition coefficient (Wildman–Crippen LogP) is 1.45. The maximum atomic E-state index is 11.8. The lowest BCUT2D eigenvalue weighted by molar-refractivity contribution is -0.124. The first-order valence-electron chi connectivity index (χ1n) is 6.85. The normalized spacial score (nSPS) is 19.3. The van der Waals surface area contributed by atoms with Gasteiger partial charge in [-0.3, -0.25) is 4.79 Å². The maximum Gasteiger partial charge on any atom is 0.237 e. The average molecular weight is 337 g/mol. The summed E-state index contributed by atoms with van der Waals surface area (Å²) in [5.74, 6) is 1.02. The summed E-state index contributed by atoms with van der Waals surface area (Å²) >= 11 is 3.47. The lowest BCUT2D eigenvalue weighted by Crippen LogP contribution is -2.54. The van der Waals surface area contributed by atoms with E-state index in [1.165, 1.54) is 0 Å². The molecule has 0 saturated carbocycles. The van der Waals surface area contributed by atoms with Crippen LogP contribution >= 0.6 is 15.9 Å². The molecule has 20 heavy (non-hydrogen) atoms. The van der Waals surface area contributed by atoms with Crippen LogP contribution in [0.5, 0.6) is 0 Å². The first-order valence-corrected chi connectivity index (χ1v) is 7.64. The Balaban J connectivity index is 1.96. The molecule has 5 nitrogen and oxygen atoms in total. The third-order valence-corrected chi connectivity index (χ3v) is 4.12. The summed E-state index contributed by atoms with van der Waals surface area (Å²) in [5, 5.41) is 6.14. The van der Waals surface area contributed by atoms with Gasteiger partial charge in [0.25, 0.3) is 0 Å². The Morgan fingerprint density at radius 1 is 1.45 bits per heavy atom. The molecule has 1 aliphatic rings. The summed E-state index contributed by atoms with van der Waals surface area (Å²) in [6, 6.07) is 5.91. The Bertz CT molecular complexity index is 652. The SMILES string of the molecule is CCn1c(CC2NCCNC2=O)nc2cc(Br)ccc21. The number of benzene rings is 1. The molecule has 0 spiro atoms. The lowest BCUT2D eigenvalue weighted by Gasteiger charge is -2.23. The molecule has 0 aliphatic carbocycles. The maximum absolute atomic E-state index is 11.8. The molecule has 6 heteroatoms. The number of aryl methyl sites for hydroxylation is 1. The number of halogens is 1. The van der Waals surface area contributed by atoms with Gasteiger partial charge in [0.05, 0.1) is 17.1 Å². The number of aromatic nitrogens is 2. The number of carbonyl (C=O) groups excluding carboxylic acids is 1. The standard InChI is InChI=1S/C14H17BrN4O/c1-2-19-12-4-3-9(15)7-10(12)18-13(19)8-11-14(20)17-6-5-16-11/h3-4,7,11,16H,2,5-6,8H2,1H3,(H,17,20). The predicted molar refractivity (Wildman–Crippen MR) is 81.6 cm³/mol. The van der Waals surface area contributed by atoms with E-state index in [4.69, 9.17) is 0 Å². The number of rotatable bonds is 3. The van der Waals surface area contributed by atoms with Crippen LogP contribution in [0.2, 0.25) is 0 Å². The molecule has 1 fully saturated rings. The van der Waals surface area contributed by atoms with Crippen LogP contribution in [0.15, 0.2) is 22.7 Å². The number of imidazole rings is 1. The number of hydrogen-bond donors (Lipinski definition) is 2. The van der Waals surface area contributed by atoms with E-state index in [1.807, 2.05) is 12.1 Å². The van der Waals surface area contributed by atoms with Crippen molar-refractivity contribution < 1.29 is 4.79 Å². The van der Waals surface area contributed by atoms with E-state index in [-0.39, 0.29) is 11.9 Å². The Labute approximate surface area is 125 Å². The number of amides is 1. The van der Waals surface area contributed by atoms with Gasteiger partial charge in [0, 0.05) is 30.5 Å². The Hall–Kier alpha value is -1.40.